The Morgan fingerprint density at radius 2 is 1.90 bits per heavy atom. The minimum Gasteiger partial charge on any atom is -0.457 e. The van der Waals surface area contributed by atoms with Crippen molar-refractivity contribution in [1.29, 1.82) is 0 Å². The van der Waals surface area contributed by atoms with Crippen molar-refractivity contribution in [2.75, 3.05) is 0 Å². The van der Waals surface area contributed by atoms with Gasteiger partial charge in [0.25, 0.3) is 5.91 Å². The van der Waals surface area contributed by atoms with Gasteiger partial charge in [-0.3, -0.25) is 4.79 Å². The summed E-state index contributed by atoms with van der Waals surface area (Å²) in [4.78, 5) is 24.3. The van der Waals surface area contributed by atoms with E-state index in [1.54, 1.807) is 30.3 Å². The summed E-state index contributed by atoms with van der Waals surface area (Å²) in [6, 6.07) is 12.3. The molecular weight excluding hydrogens is 270 g/mol. The Hall–Kier alpha value is -2.56. The Bertz CT molecular complexity index is 617. The molecule has 1 N–H and O–H groups in total. The maximum Gasteiger partial charge on any atom is 0.375 e. The van der Waals surface area contributed by atoms with Gasteiger partial charge in [0, 0.05) is 11.6 Å². The van der Waals surface area contributed by atoms with Crippen LogP contribution in [-0.4, -0.2) is 17.9 Å². The smallest absolute Gasteiger partial charge is 0.375 e. The van der Waals surface area contributed by atoms with E-state index in [2.05, 4.69) is 5.32 Å². The average molecular weight is 285 g/mol. The molecule has 0 bridgehead atoms. The molecule has 1 unspecified atom stereocenters. The summed E-state index contributed by atoms with van der Waals surface area (Å²) in [5.41, 5.74) is 0.635. The number of benzene rings is 1. The monoisotopic (exact) mass is 285 g/mol. The van der Waals surface area contributed by atoms with Gasteiger partial charge in [-0.15, -0.1) is 0 Å². The highest BCUT2D eigenvalue weighted by Crippen LogP contribution is 2.24. The topological polar surface area (TPSA) is 68.5 Å². The molecule has 1 aliphatic carbocycles. The van der Waals surface area contributed by atoms with Crippen LogP contribution in [0.4, 0.5) is 0 Å². The van der Waals surface area contributed by atoms with Crippen LogP contribution in [0.2, 0.25) is 0 Å². The Morgan fingerprint density at radius 3 is 2.52 bits per heavy atom. The summed E-state index contributed by atoms with van der Waals surface area (Å²) in [5, 5.41) is 2.86. The van der Waals surface area contributed by atoms with Gasteiger partial charge in [0.15, 0.2) is 0 Å². The van der Waals surface area contributed by atoms with Crippen LogP contribution in [0, 0.1) is 0 Å². The van der Waals surface area contributed by atoms with Gasteiger partial charge in [0.05, 0.1) is 6.26 Å². The van der Waals surface area contributed by atoms with E-state index >= 15 is 0 Å². The van der Waals surface area contributed by atoms with Crippen molar-refractivity contribution in [3.05, 3.63) is 60.1 Å². The number of amides is 1. The van der Waals surface area contributed by atoms with Crippen LogP contribution in [0.3, 0.4) is 0 Å². The van der Waals surface area contributed by atoms with Crippen LogP contribution in [0.1, 0.15) is 35.1 Å². The molecule has 1 aromatic heterocycles. The van der Waals surface area contributed by atoms with Crippen LogP contribution in [0.5, 0.6) is 0 Å². The molecule has 3 rings (SSSR count). The number of esters is 1. The van der Waals surface area contributed by atoms with Crippen molar-refractivity contribution in [2.24, 2.45) is 0 Å². The van der Waals surface area contributed by atoms with Crippen LogP contribution >= 0.6 is 0 Å². The molecule has 5 heteroatoms. The highest BCUT2D eigenvalue weighted by Gasteiger charge is 2.31. The molecule has 1 atom stereocenters. The van der Waals surface area contributed by atoms with Gasteiger partial charge in [0.2, 0.25) is 11.9 Å². The van der Waals surface area contributed by atoms with E-state index in [-0.39, 0.29) is 17.7 Å². The second-order valence-corrected chi connectivity index (χ2v) is 4.96. The van der Waals surface area contributed by atoms with Gasteiger partial charge < -0.3 is 14.5 Å². The molecule has 0 spiro atoms. The number of ether oxygens (including phenoxy) is 1. The van der Waals surface area contributed by atoms with Gasteiger partial charge >= 0.3 is 5.97 Å². The fourth-order valence-corrected chi connectivity index (χ4v) is 1.97. The minimum absolute atomic E-state index is 0.0788. The van der Waals surface area contributed by atoms with Crippen LogP contribution in [0.25, 0.3) is 0 Å². The summed E-state index contributed by atoms with van der Waals surface area (Å²) in [6.45, 7) is 0. The third-order valence-electron chi connectivity index (χ3n) is 3.21. The first-order chi connectivity index (χ1) is 10.2. The number of carbonyl (C=O) groups excluding carboxylic acids is 2. The third-order valence-corrected chi connectivity index (χ3v) is 3.21. The van der Waals surface area contributed by atoms with E-state index in [9.17, 15) is 9.59 Å². The second-order valence-electron chi connectivity index (χ2n) is 4.96. The lowest BCUT2D eigenvalue weighted by atomic mass is 10.1. The fraction of sp³-hybridized carbons (Fsp3) is 0.250. The number of carbonyl (C=O) groups is 2. The van der Waals surface area contributed by atoms with Crippen LogP contribution < -0.4 is 5.32 Å². The first-order valence-electron chi connectivity index (χ1n) is 6.84. The second kappa shape index (κ2) is 5.83. The van der Waals surface area contributed by atoms with Crippen molar-refractivity contribution < 1.29 is 18.7 Å². The number of rotatable bonds is 5. The van der Waals surface area contributed by atoms with Crippen molar-refractivity contribution in [2.45, 2.75) is 25.0 Å². The van der Waals surface area contributed by atoms with Gasteiger partial charge in [-0.05, 0) is 25.0 Å². The lowest BCUT2D eigenvalue weighted by molar-refractivity contribution is -0.130. The maximum atomic E-state index is 12.3. The van der Waals surface area contributed by atoms with Gasteiger partial charge in [-0.1, -0.05) is 30.3 Å². The average Bonchev–Trinajstić information content (AvgIpc) is 3.15. The van der Waals surface area contributed by atoms with Gasteiger partial charge in [-0.25, -0.2) is 4.79 Å². The van der Waals surface area contributed by atoms with E-state index in [1.165, 1.54) is 12.3 Å². The third kappa shape index (κ3) is 3.31. The summed E-state index contributed by atoms with van der Waals surface area (Å²) < 4.78 is 10.3. The van der Waals surface area contributed by atoms with Gasteiger partial charge in [-0.2, -0.15) is 0 Å². The lowest BCUT2D eigenvalue weighted by Gasteiger charge is -2.17. The molecule has 5 nitrogen and oxygen atoms in total. The molecule has 1 saturated carbocycles. The number of hydrogen-bond acceptors (Lipinski definition) is 4. The Balaban J connectivity index is 1.78. The summed E-state index contributed by atoms with van der Waals surface area (Å²) >= 11 is 0. The van der Waals surface area contributed by atoms with Crippen LogP contribution in [0.15, 0.2) is 53.1 Å². The summed E-state index contributed by atoms with van der Waals surface area (Å²) in [6.07, 6.45) is 2.36. The first-order valence-corrected chi connectivity index (χ1v) is 6.84. The van der Waals surface area contributed by atoms with Crippen molar-refractivity contribution >= 4 is 11.9 Å². The number of hydrogen-bond donors (Lipinski definition) is 1. The quantitative estimate of drug-likeness (QED) is 0.857. The Morgan fingerprint density at radius 1 is 1.14 bits per heavy atom. The largest absolute Gasteiger partial charge is 0.457 e. The van der Waals surface area contributed by atoms with Crippen LogP contribution in [-0.2, 0) is 9.53 Å². The molecule has 1 fully saturated rings. The molecule has 1 aromatic carbocycles. The zero-order valence-corrected chi connectivity index (χ0v) is 11.3. The van der Waals surface area contributed by atoms with E-state index in [1.807, 2.05) is 6.07 Å². The first kappa shape index (κ1) is 13.4. The zero-order chi connectivity index (χ0) is 14.7. The molecule has 108 valence electrons. The van der Waals surface area contributed by atoms with E-state index in [0.717, 1.165) is 12.8 Å². The van der Waals surface area contributed by atoms with Gasteiger partial charge in [0.1, 0.15) is 0 Å². The predicted molar refractivity (Wildman–Crippen MR) is 74.5 cm³/mol. The normalized spacial score (nSPS) is 15.2. The maximum absolute atomic E-state index is 12.3. The Labute approximate surface area is 121 Å². The standard InChI is InChI=1S/C16H15NO4/c18-15(17-12-8-9-12)14(11-5-2-1-3-6-11)21-16(19)13-7-4-10-20-13/h1-7,10,12,14H,8-9H2,(H,17,18). The molecule has 0 aliphatic heterocycles. The summed E-state index contributed by atoms with van der Waals surface area (Å²) in [5.74, 6) is -0.876. The molecule has 1 aliphatic rings. The van der Waals surface area contributed by atoms with E-state index < -0.39 is 12.1 Å². The molecule has 0 radical (unpaired) electrons. The molecule has 21 heavy (non-hydrogen) atoms. The van der Waals surface area contributed by atoms with E-state index in [0.29, 0.717) is 5.56 Å². The van der Waals surface area contributed by atoms with Crippen molar-refractivity contribution in [3.63, 3.8) is 0 Å². The fourth-order valence-electron chi connectivity index (χ4n) is 1.97. The highest BCUT2D eigenvalue weighted by atomic mass is 16.6. The summed E-state index contributed by atoms with van der Waals surface area (Å²) in [7, 11) is 0. The van der Waals surface area contributed by atoms with Crippen molar-refractivity contribution in [1.82, 2.24) is 5.32 Å². The molecule has 1 amide bonds. The minimum atomic E-state index is -0.968. The molecule has 0 saturated heterocycles. The lowest BCUT2D eigenvalue weighted by Crippen LogP contribution is -2.33. The highest BCUT2D eigenvalue weighted by molar-refractivity contribution is 5.90. The van der Waals surface area contributed by atoms with E-state index in [4.69, 9.17) is 9.15 Å². The predicted octanol–water partition coefficient (Wildman–Crippen LogP) is 2.46. The SMILES string of the molecule is O=C(OC(C(=O)NC1CC1)c1ccccc1)c1ccco1. The zero-order valence-electron chi connectivity index (χ0n) is 11.3. The number of furan rings is 1. The molecule has 1 heterocycles. The molecule has 2 aromatic rings. The van der Waals surface area contributed by atoms with Crippen molar-refractivity contribution in [3.8, 4) is 0 Å². The number of nitrogens with one attached hydrogen (secondary N) is 1. The Kier molecular flexibility index (Phi) is 3.73. The molecular formula is C16H15NO4.